The first-order valence-electron chi connectivity index (χ1n) is 3.42. The van der Waals surface area contributed by atoms with Crippen LogP contribution < -0.4 is 0 Å². The van der Waals surface area contributed by atoms with Crippen LogP contribution in [0.3, 0.4) is 0 Å². The fourth-order valence-electron chi connectivity index (χ4n) is 0.733. The van der Waals surface area contributed by atoms with Gasteiger partial charge in [0.15, 0.2) is 0 Å². The van der Waals surface area contributed by atoms with Crippen LogP contribution in [0.5, 0.6) is 0 Å². The van der Waals surface area contributed by atoms with E-state index in [2.05, 4.69) is 0 Å². The quantitative estimate of drug-likeness (QED) is 0.621. The summed E-state index contributed by atoms with van der Waals surface area (Å²) in [4.78, 5) is 10.9. The first-order valence-corrected chi connectivity index (χ1v) is 3.42. The van der Waals surface area contributed by atoms with E-state index in [1.54, 1.807) is 12.1 Å². The highest BCUT2D eigenvalue weighted by Gasteiger charge is 2.22. The summed E-state index contributed by atoms with van der Waals surface area (Å²) in [5.41, 5.74) is 0. The summed E-state index contributed by atoms with van der Waals surface area (Å²) in [6.07, 6.45) is -1.29. The molecule has 0 bridgehead atoms. The van der Waals surface area contributed by atoms with Crippen LogP contribution in [0.1, 0.15) is 4.79 Å². The molecule has 0 unspecified atom stereocenters. The Bertz CT molecular complexity index is 311. The van der Waals surface area contributed by atoms with Crippen molar-refractivity contribution >= 4 is 5.91 Å². The minimum absolute atomic E-state index is 0.0880. The van der Waals surface area contributed by atoms with Crippen molar-refractivity contribution in [3.63, 3.8) is 0 Å². The Balaban J connectivity index is 2.67. The minimum atomic E-state index is -4.44. The predicted molar refractivity (Wildman–Crippen MR) is 40.3 cm³/mol. The molecule has 5 heteroatoms. The van der Waals surface area contributed by atoms with Gasteiger partial charge >= 0.3 is 6.18 Å². The number of allylic oxidation sites excluding steroid dienone is 2. The lowest BCUT2D eigenvalue weighted by atomic mass is 10.4. The van der Waals surface area contributed by atoms with Crippen molar-refractivity contribution in [2.45, 2.75) is 6.18 Å². The summed E-state index contributed by atoms with van der Waals surface area (Å²) >= 11 is 0. The third kappa shape index (κ3) is 3.14. The second-order valence-corrected chi connectivity index (χ2v) is 2.30. The molecule has 0 aliphatic heterocycles. The van der Waals surface area contributed by atoms with Crippen molar-refractivity contribution in [1.82, 2.24) is 4.57 Å². The normalized spacial score (nSPS) is 12.2. The number of carbonyl (C=O) groups excluding carboxylic acids is 1. The van der Waals surface area contributed by atoms with Gasteiger partial charge in [0.2, 0.25) is 0 Å². The molecular weight excluding hydrogens is 183 g/mol. The van der Waals surface area contributed by atoms with Crippen molar-refractivity contribution in [3.8, 4) is 0 Å². The molecular formula is C8H6F3NO. The summed E-state index contributed by atoms with van der Waals surface area (Å²) in [5, 5.41) is 0. The van der Waals surface area contributed by atoms with Gasteiger partial charge in [-0.1, -0.05) is 0 Å². The molecule has 0 spiro atoms. The van der Waals surface area contributed by atoms with Crippen LogP contribution in [0, 0.1) is 0 Å². The number of aromatic nitrogens is 1. The SMILES string of the molecule is O=C(C=CC(F)(F)F)n1cccc1. The first kappa shape index (κ1) is 9.57. The molecule has 0 fully saturated rings. The van der Waals surface area contributed by atoms with Gasteiger partial charge in [0.1, 0.15) is 0 Å². The van der Waals surface area contributed by atoms with Crippen LogP contribution in [0.25, 0.3) is 0 Å². The molecule has 1 aromatic heterocycles. The maximum atomic E-state index is 11.6. The van der Waals surface area contributed by atoms with Gasteiger partial charge in [-0.05, 0) is 12.1 Å². The molecule has 13 heavy (non-hydrogen) atoms. The van der Waals surface area contributed by atoms with Crippen LogP contribution in [0.2, 0.25) is 0 Å². The number of alkyl halides is 3. The zero-order chi connectivity index (χ0) is 9.90. The topological polar surface area (TPSA) is 22.0 Å². The van der Waals surface area contributed by atoms with Gasteiger partial charge in [0.25, 0.3) is 5.91 Å². The molecule has 0 amide bonds. The lowest BCUT2D eigenvalue weighted by Gasteiger charge is -1.97. The number of nitrogens with zero attached hydrogens (tertiary/aromatic N) is 1. The first-order chi connectivity index (χ1) is 5.99. The average molecular weight is 189 g/mol. The number of halogens is 3. The van der Waals surface area contributed by atoms with E-state index >= 15 is 0 Å². The van der Waals surface area contributed by atoms with Gasteiger partial charge in [-0.15, -0.1) is 0 Å². The predicted octanol–water partition coefficient (Wildman–Crippen LogP) is 2.25. The molecule has 1 heterocycles. The van der Waals surface area contributed by atoms with Crippen molar-refractivity contribution in [1.29, 1.82) is 0 Å². The van der Waals surface area contributed by atoms with Gasteiger partial charge in [0, 0.05) is 24.5 Å². The Morgan fingerprint density at radius 1 is 1.23 bits per heavy atom. The Hall–Kier alpha value is -1.52. The Morgan fingerprint density at radius 2 is 1.77 bits per heavy atom. The molecule has 2 nitrogen and oxygen atoms in total. The molecule has 0 N–H and O–H groups in total. The summed E-state index contributed by atoms with van der Waals surface area (Å²) in [5.74, 6) is -0.720. The second-order valence-electron chi connectivity index (χ2n) is 2.30. The molecule has 0 saturated heterocycles. The van der Waals surface area contributed by atoms with Crippen LogP contribution >= 0.6 is 0 Å². The Kier molecular flexibility index (Phi) is 2.55. The molecule has 0 saturated carbocycles. The van der Waals surface area contributed by atoms with Crippen LogP contribution in [0.15, 0.2) is 36.7 Å². The smallest absolute Gasteiger partial charge is 0.291 e. The molecule has 0 aliphatic carbocycles. The van der Waals surface area contributed by atoms with Gasteiger partial charge in [0.05, 0.1) is 0 Å². The largest absolute Gasteiger partial charge is 0.409 e. The number of hydrogen-bond donors (Lipinski definition) is 0. The Morgan fingerprint density at radius 3 is 2.23 bits per heavy atom. The van der Waals surface area contributed by atoms with E-state index in [4.69, 9.17) is 0 Å². The third-order valence-corrected chi connectivity index (χ3v) is 1.27. The average Bonchev–Trinajstić information content (AvgIpc) is 2.50. The van der Waals surface area contributed by atoms with Crippen LogP contribution in [-0.2, 0) is 0 Å². The molecule has 70 valence electrons. The van der Waals surface area contributed by atoms with E-state index < -0.39 is 12.1 Å². The Labute approximate surface area is 72.3 Å². The van der Waals surface area contributed by atoms with Crippen molar-refractivity contribution in [2.24, 2.45) is 0 Å². The zero-order valence-electron chi connectivity index (χ0n) is 6.45. The molecule has 0 radical (unpaired) electrons. The molecule has 0 atom stereocenters. The van der Waals surface area contributed by atoms with E-state index in [0.29, 0.717) is 6.08 Å². The van der Waals surface area contributed by atoms with E-state index in [9.17, 15) is 18.0 Å². The van der Waals surface area contributed by atoms with Gasteiger partial charge in [-0.25, -0.2) is 0 Å². The third-order valence-electron chi connectivity index (χ3n) is 1.27. The fourth-order valence-corrected chi connectivity index (χ4v) is 0.733. The van der Waals surface area contributed by atoms with Crippen LogP contribution in [-0.4, -0.2) is 16.7 Å². The van der Waals surface area contributed by atoms with Gasteiger partial charge < -0.3 is 0 Å². The van der Waals surface area contributed by atoms with Gasteiger partial charge in [-0.3, -0.25) is 9.36 Å². The summed E-state index contributed by atoms with van der Waals surface area (Å²) in [6, 6.07) is 3.11. The lowest BCUT2D eigenvalue weighted by Crippen LogP contribution is -2.07. The van der Waals surface area contributed by atoms with Crippen molar-refractivity contribution in [2.75, 3.05) is 0 Å². The van der Waals surface area contributed by atoms with Crippen molar-refractivity contribution < 1.29 is 18.0 Å². The minimum Gasteiger partial charge on any atom is -0.291 e. The second kappa shape index (κ2) is 3.47. The number of hydrogen-bond acceptors (Lipinski definition) is 1. The zero-order valence-corrected chi connectivity index (χ0v) is 6.45. The molecule has 0 aromatic carbocycles. The van der Waals surface area contributed by atoms with Crippen molar-refractivity contribution in [3.05, 3.63) is 36.7 Å². The summed E-state index contributed by atoms with van der Waals surface area (Å²) in [6.45, 7) is 0. The number of rotatable bonds is 1. The summed E-state index contributed by atoms with van der Waals surface area (Å²) in [7, 11) is 0. The van der Waals surface area contributed by atoms with Crippen LogP contribution in [0.4, 0.5) is 13.2 Å². The molecule has 1 aromatic rings. The molecule has 0 aliphatic rings. The monoisotopic (exact) mass is 189 g/mol. The number of carbonyl (C=O) groups is 1. The van der Waals surface area contributed by atoms with E-state index in [-0.39, 0.29) is 6.08 Å². The lowest BCUT2D eigenvalue weighted by molar-refractivity contribution is -0.0799. The standard InChI is InChI=1S/C8H6F3NO/c9-8(10,11)4-3-7(13)12-5-1-2-6-12/h1-6H. The van der Waals surface area contributed by atoms with Gasteiger partial charge in [-0.2, -0.15) is 13.2 Å². The maximum absolute atomic E-state index is 11.6. The maximum Gasteiger partial charge on any atom is 0.409 e. The fraction of sp³-hybridized carbons (Fsp3) is 0.125. The van der Waals surface area contributed by atoms with E-state index in [0.717, 1.165) is 4.57 Å². The highest BCUT2D eigenvalue weighted by Crippen LogP contribution is 2.15. The highest BCUT2D eigenvalue weighted by molar-refractivity contribution is 5.89. The van der Waals surface area contributed by atoms with E-state index in [1.807, 2.05) is 0 Å². The summed E-state index contributed by atoms with van der Waals surface area (Å²) < 4.78 is 35.9. The highest BCUT2D eigenvalue weighted by atomic mass is 19.4. The van der Waals surface area contributed by atoms with E-state index in [1.165, 1.54) is 12.4 Å². The molecule has 1 rings (SSSR count).